The van der Waals surface area contributed by atoms with E-state index in [9.17, 15) is 31.1 Å². The van der Waals surface area contributed by atoms with Crippen molar-refractivity contribution in [3.8, 4) is 0 Å². The zero-order valence-corrected chi connectivity index (χ0v) is 20.6. The van der Waals surface area contributed by atoms with Crippen molar-refractivity contribution in [1.82, 2.24) is 16.0 Å². The van der Waals surface area contributed by atoms with Gasteiger partial charge in [-0.15, -0.1) is 0 Å². The van der Waals surface area contributed by atoms with Gasteiger partial charge < -0.3 is 15.4 Å². The molecule has 2 aliphatic rings. The molecule has 0 bridgehead atoms. The zero-order valence-electron chi connectivity index (χ0n) is 20.6. The Morgan fingerprint density at radius 1 is 0.946 bits per heavy atom. The molecule has 1 amide bonds. The molecule has 11 heteroatoms. The summed E-state index contributed by atoms with van der Waals surface area (Å²) in [6.07, 6.45) is -10.1. The van der Waals surface area contributed by atoms with Crippen molar-refractivity contribution in [3.05, 3.63) is 70.8 Å². The molecule has 0 saturated carbocycles. The molecule has 202 valence electrons. The highest BCUT2D eigenvalue weighted by atomic mass is 19.4. The van der Waals surface area contributed by atoms with E-state index < -0.39 is 46.3 Å². The lowest BCUT2D eigenvalue weighted by Gasteiger charge is -2.45. The summed E-state index contributed by atoms with van der Waals surface area (Å²) in [5.74, 6) is -0.135. The quantitative estimate of drug-likeness (QED) is 0.462. The standard InChI is InChI=1S/C26H29F6N3O2/c1-16(17-11-19(25(27,28)29)13-20(12-17)26(30,31)32)37-15-24(18-7-5-4-6-8-18)10-9-23(14-33-24)21(36)34-22(2,3)35-23/h4-8,11-13,16,33,35H,9-10,14-15H2,1-3H3,(H,34,36). The maximum atomic E-state index is 13.3. The van der Waals surface area contributed by atoms with E-state index >= 15 is 0 Å². The molecule has 0 aromatic heterocycles. The molecule has 3 atom stereocenters. The molecule has 37 heavy (non-hydrogen) atoms. The van der Waals surface area contributed by atoms with E-state index in [-0.39, 0.29) is 30.7 Å². The topological polar surface area (TPSA) is 62.4 Å². The minimum atomic E-state index is -4.94. The number of alkyl halides is 6. The van der Waals surface area contributed by atoms with Crippen LogP contribution in [0.15, 0.2) is 48.5 Å². The first-order valence-electron chi connectivity index (χ1n) is 11.9. The summed E-state index contributed by atoms with van der Waals surface area (Å²) in [6.45, 7) is 5.36. The van der Waals surface area contributed by atoms with Gasteiger partial charge in [0, 0.05) is 6.54 Å². The molecule has 2 aliphatic heterocycles. The van der Waals surface area contributed by atoms with Gasteiger partial charge in [-0.25, -0.2) is 0 Å². The van der Waals surface area contributed by atoms with E-state index in [1.54, 1.807) is 0 Å². The number of piperidine rings is 1. The summed E-state index contributed by atoms with van der Waals surface area (Å²) in [4.78, 5) is 12.8. The number of carbonyl (C=O) groups excluding carboxylic acids is 1. The maximum Gasteiger partial charge on any atom is 0.416 e. The SMILES string of the molecule is CC(OCC1(c2ccccc2)CCC2(CN1)NC(C)(C)NC2=O)c1cc(C(F)(F)F)cc(C(F)(F)F)c1. The number of carbonyl (C=O) groups is 1. The van der Waals surface area contributed by atoms with Crippen LogP contribution in [0.3, 0.4) is 0 Å². The van der Waals surface area contributed by atoms with Crippen molar-refractivity contribution in [2.75, 3.05) is 13.2 Å². The van der Waals surface area contributed by atoms with Crippen molar-refractivity contribution < 1.29 is 35.9 Å². The average Bonchev–Trinajstić information content (AvgIpc) is 3.05. The van der Waals surface area contributed by atoms with Gasteiger partial charge in [-0.05, 0) is 62.9 Å². The Morgan fingerprint density at radius 2 is 1.54 bits per heavy atom. The highest BCUT2D eigenvalue weighted by Crippen LogP contribution is 2.40. The molecular formula is C26H29F6N3O2. The van der Waals surface area contributed by atoms with Gasteiger partial charge in [0.05, 0.1) is 35.0 Å². The normalized spacial score (nSPS) is 26.8. The van der Waals surface area contributed by atoms with Crippen LogP contribution >= 0.6 is 0 Å². The zero-order chi connectivity index (χ0) is 27.3. The fourth-order valence-corrected chi connectivity index (χ4v) is 5.10. The number of halogens is 6. The third-order valence-corrected chi connectivity index (χ3v) is 7.11. The lowest BCUT2D eigenvalue weighted by molar-refractivity contribution is -0.143. The van der Waals surface area contributed by atoms with Crippen LogP contribution in [0, 0.1) is 0 Å². The Hall–Kier alpha value is -2.63. The largest absolute Gasteiger partial charge is 0.416 e. The minimum Gasteiger partial charge on any atom is -0.372 e. The van der Waals surface area contributed by atoms with Gasteiger partial charge in [0.1, 0.15) is 5.54 Å². The Labute approximate surface area is 211 Å². The van der Waals surface area contributed by atoms with Gasteiger partial charge in [-0.2, -0.15) is 26.3 Å². The van der Waals surface area contributed by atoms with Gasteiger partial charge in [0.15, 0.2) is 0 Å². The van der Waals surface area contributed by atoms with E-state index in [2.05, 4.69) is 16.0 Å². The van der Waals surface area contributed by atoms with Crippen LogP contribution in [0.4, 0.5) is 26.3 Å². The molecule has 2 aromatic rings. The molecule has 0 radical (unpaired) electrons. The molecule has 2 saturated heterocycles. The summed E-state index contributed by atoms with van der Waals surface area (Å²) in [5, 5.41) is 9.68. The second kappa shape index (κ2) is 9.28. The maximum absolute atomic E-state index is 13.3. The molecule has 4 rings (SSSR count). The van der Waals surface area contributed by atoms with Gasteiger partial charge in [-0.3, -0.25) is 10.1 Å². The van der Waals surface area contributed by atoms with Crippen molar-refractivity contribution >= 4 is 5.91 Å². The van der Waals surface area contributed by atoms with Gasteiger partial charge in [0.2, 0.25) is 5.91 Å². The van der Waals surface area contributed by atoms with Crippen LogP contribution in [-0.4, -0.2) is 30.3 Å². The fraction of sp³-hybridized carbons (Fsp3) is 0.500. The van der Waals surface area contributed by atoms with Gasteiger partial charge in [0.25, 0.3) is 0 Å². The first kappa shape index (κ1) is 27.4. The molecule has 5 nitrogen and oxygen atoms in total. The lowest BCUT2D eigenvalue weighted by atomic mass is 9.76. The first-order chi connectivity index (χ1) is 17.1. The fourth-order valence-electron chi connectivity index (χ4n) is 5.10. The number of rotatable bonds is 5. The summed E-state index contributed by atoms with van der Waals surface area (Å²) in [7, 11) is 0. The Bertz CT molecular complexity index is 1110. The summed E-state index contributed by atoms with van der Waals surface area (Å²) in [5.41, 5.74) is -4.38. The molecule has 1 spiro atoms. The van der Waals surface area contributed by atoms with Crippen LogP contribution in [-0.2, 0) is 27.4 Å². The van der Waals surface area contributed by atoms with Gasteiger partial charge >= 0.3 is 12.4 Å². The van der Waals surface area contributed by atoms with Crippen LogP contribution in [0.2, 0.25) is 0 Å². The van der Waals surface area contributed by atoms with E-state index in [0.29, 0.717) is 25.0 Å². The Balaban J connectivity index is 1.59. The highest BCUT2D eigenvalue weighted by Gasteiger charge is 2.54. The molecule has 2 heterocycles. The molecule has 0 aliphatic carbocycles. The first-order valence-corrected chi connectivity index (χ1v) is 11.9. The number of hydrogen-bond acceptors (Lipinski definition) is 4. The Kier molecular flexibility index (Phi) is 6.88. The third-order valence-electron chi connectivity index (χ3n) is 7.11. The molecule has 3 N–H and O–H groups in total. The van der Waals surface area contributed by atoms with E-state index in [4.69, 9.17) is 4.74 Å². The smallest absolute Gasteiger partial charge is 0.372 e. The van der Waals surface area contributed by atoms with E-state index in [1.165, 1.54) is 6.92 Å². The van der Waals surface area contributed by atoms with Crippen molar-refractivity contribution in [2.45, 2.75) is 68.8 Å². The van der Waals surface area contributed by atoms with Crippen LogP contribution in [0.5, 0.6) is 0 Å². The van der Waals surface area contributed by atoms with E-state index in [0.717, 1.165) is 5.56 Å². The van der Waals surface area contributed by atoms with Crippen molar-refractivity contribution in [2.24, 2.45) is 0 Å². The average molecular weight is 530 g/mol. The number of hydrogen-bond donors (Lipinski definition) is 3. The summed E-state index contributed by atoms with van der Waals surface area (Å²) >= 11 is 0. The molecular weight excluding hydrogens is 500 g/mol. The molecule has 2 fully saturated rings. The predicted octanol–water partition coefficient (Wildman–Crippen LogP) is 5.28. The minimum absolute atomic E-state index is 0.0309. The van der Waals surface area contributed by atoms with Crippen molar-refractivity contribution in [1.29, 1.82) is 0 Å². The molecule has 2 aromatic carbocycles. The third kappa shape index (κ3) is 5.63. The monoisotopic (exact) mass is 529 g/mol. The number of ether oxygens (including phenoxy) is 1. The molecule has 3 unspecified atom stereocenters. The number of amides is 1. The number of benzene rings is 2. The summed E-state index contributed by atoms with van der Waals surface area (Å²) < 4.78 is 86.0. The second-order valence-electron chi connectivity index (χ2n) is 10.4. The Morgan fingerprint density at radius 3 is 2.00 bits per heavy atom. The number of nitrogens with one attached hydrogen (secondary N) is 3. The predicted molar refractivity (Wildman–Crippen MR) is 124 cm³/mol. The van der Waals surface area contributed by atoms with Crippen LogP contribution in [0.25, 0.3) is 0 Å². The van der Waals surface area contributed by atoms with Gasteiger partial charge in [-0.1, -0.05) is 30.3 Å². The lowest BCUT2D eigenvalue weighted by Crippen LogP contribution is -2.65. The highest BCUT2D eigenvalue weighted by molar-refractivity contribution is 5.90. The second-order valence-corrected chi connectivity index (χ2v) is 10.4. The van der Waals surface area contributed by atoms with Crippen LogP contribution < -0.4 is 16.0 Å². The van der Waals surface area contributed by atoms with Crippen molar-refractivity contribution in [3.63, 3.8) is 0 Å². The van der Waals surface area contributed by atoms with E-state index in [1.807, 2.05) is 44.2 Å². The summed E-state index contributed by atoms with van der Waals surface area (Å²) in [6, 6.07) is 10.7. The van der Waals surface area contributed by atoms with Crippen LogP contribution in [0.1, 0.15) is 62.0 Å².